The van der Waals surface area contributed by atoms with E-state index in [-0.39, 0.29) is 38.1 Å². The number of carbonyl (C=O) groups is 3. The summed E-state index contributed by atoms with van der Waals surface area (Å²) in [6.07, 6.45) is 5.58. The summed E-state index contributed by atoms with van der Waals surface area (Å²) in [4.78, 5) is 44.1. The fraction of sp³-hybridized carbons (Fsp3) is 0.519. The molecule has 2 unspecified atom stereocenters. The molecule has 2 amide bonds. The van der Waals surface area contributed by atoms with E-state index in [1.807, 2.05) is 0 Å². The van der Waals surface area contributed by atoms with E-state index in [9.17, 15) is 19.5 Å². The maximum atomic E-state index is 14.2. The molecule has 3 fully saturated rings. The van der Waals surface area contributed by atoms with Crippen LogP contribution in [0.4, 0.5) is 5.69 Å². The number of esters is 1. The van der Waals surface area contributed by atoms with Crippen LogP contribution < -0.4 is 4.90 Å². The number of allylic oxidation sites excluding steroid dienone is 1. The van der Waals surface area contributed by atoms with Gasteiger partial charge in [0.15, 0.2) is 0 Å². The van der Waals surface area contributed by atoms with Crippen LogP contribution in [-0.4, -0.2) is 71.8 Å². The third-order valence-electron chi connectivity index (χ3n) is 7.38. The first-order valence-electron chi connectivity index (χ1n) is 12.4. The molecular formula is C27H33ClN2O6. The zero-order chi connectivity index (χ0) is 25.9. The Balaban J connectivity index is 1.69. The van der Waals surface area contributed by atoms with E-state index >= 15 is 0 Å². The van der Waals surface area contributed by atoms with Crippen molar-refractivity contribution in [2.45, 2.75) is 49.9 Å². The Labute approximate surface area is 216 Å². The Morgan fingerprint density at radius 1 is 1.28 bits per heavy atom. The van der Waals surface area contributed by atoms with E-state index in [2.05, 4.69) is 13.2 Å². The summed E-state index contributed by atoms with van der Waals surface area (Å²) in [5.74, 6) is -2.70. The van der Waals surface area contributed by atoms with Crippen LogP contribution in [-0.2, 0) is 23.9 Å². The number of nitrogens with zero attached hydrogens (tertiary/aromatic N) is 2. The number of halogens is 1. The number of hydrogen-bond acceptors (Lipinski definition) is 6. The van der Waals surface area contributed by atoms with Gasteiger partial charge in [-0.05, 0) is 44.2 Å². The highest BCUT2D eigenvalue weighted by atomic mass is 35.5. The van der Waals surface area contributed by atoms with Crippen molar-refractivity contribution in [1.29, 1.82) is 0 Å². The Hall–Kier alpha value is -2.68. The summed E-state index contributed by atoms with van der Waals surface area (Å²) in [5.41, 5.74) is -0.635. The van der Waals surface area contributed by atoms with Gasteiger partial charge >= 0.3 is 5.97 Å². The minimum atomic E-state index is -1.14. The van der Waals surface area contributed by atoms with Crippen molar-refractivity contribution in [1.82, 2.24) is 4.90 Å². The lowest BCUT2D eigenvalue weighted by Crippen LogP contribution is -2.56. The molecule has 1 aromatic rings. The molecule has 36 heavy (non-hydrogen) atoms. The fourth-order valence-electron chi connectivity index (χ4n) is 5.93. The molecule has 4 rings (SSSR count). The maximum Gasteiger partial charge on any atom is 0.312 e. The van der Waals surface area contributed by atoms with Gasteiger partial charge in [0.05, 0.1) is 35.3 Å². The lowest BCUT2D eigenvalue weighted by Gasteiger charge is -2.37. The van der Waals surface area contributed by atoms with Crippen molar-refractivity contribution in [3.8, 4) is 0 Å². The molecule has 3 saturated heterocycles. The molecule has 9 heteroatoms. The normalized spacial score (nSPS) is 28.2. The number of carbonyl (C=O) groups excluding carboxylic acids is 3. The SMILES string of the molecule is C=CCCCOC(=O)[C@@H]1[C@H]2C(=O)N(CCCO)C(C(=O)N(CC=C)c3ccccc3Cl)C23CC[C@H]1O3. The van der Waals surface area contributed by atoms with Crippen molar-refractivity contribution >= 4 is 35.1 Å². The standard InChI is InChI=1S/C27H33ClN2O6/c1-3-5-8-17-35-26(34)21-20-12-13-27(36-20)22(21)24(32)30(15-9-16-31)23(27)25(33)29(14-4-2)19-11-7-6-10-18(19)28/h3-4,6-7,10-11,20-23,31H,1-2,5,8-9,12-17H2/t20-,21+,22+,23?,27?/m1/s1. The van der Waals surface area contributed by atoms with E-state index < -0.39 is 35.6 Å². The van der Waals surface area contributed by atoms with Crippen LogP contribution in [0.5, 0.6) is 0 Å². The Morgan fingerprint density at radius 3 is 2.75 bits per heavy atom. The molecule has 0 radical (unpaired) electrons. The van der Waals surface area contributed by atoms with Gasteiger partial charge in [0, 0.05) is 19.7 Å². The highest BCUT2D eigenvalue weighted by Crippen LogP contribution is 2.59. The second-order valence-corrected chi connectivity index (χ2v) is 9.86. The topological polar surface area (TPSA) is 96.4 Å². The van der Waals surface area contributed by atoms with E-state index in [1.54, 1.807) is 36.4 Å². The molecule has 0 aliphatic carbocycles. The largest absolute Gasteiger partial charge is 0.465 e. The molecule has 8 nitrogen and oxygen atoms in total. The molecule has 3 aliphatic heterocycles. The summed E-state index contributed by atoms with van der Waals surface area (Å²) < 4.78 is 11.9. The lowest BCUT2D eigenvalue weighted by molar-refractivity contribution is -0.155. The number of ether oxygens (including phenoxy) is 2. The van der Waals surface area contributed by atoms with Crippen LogP contribution in [0, 0.1) is 11.8 Å². The number of fused-ring (bicyclic) bond motifs is 1. The molecule has 0 aromatic heterocycles. The highest BCUT2D eigenvalue weighted by molar-refractivity contribution is 6.34. The first-order valence-corrected chi connectivity index (χ1v) is 12.8. The van der Waals surface area contributed by atoms with Crippen LogP contribution in [0.1, 0.15) is 32.1 Å². The van der Waals surface area contributed by atoms with Gasteiger partial charge in [-0.1, -0.05) is 35.9 Å². The number of hydrogen-bond donors (Lipinski definition) is 1. The van der Waals surface area contributed by atoms with Gasteiger partial charge in [0.2, 0.25) is 5.91 Å². The van der Waals surface area contributed by atoms with E-state index in [4.69, 9.17) is 21.1 Å². The molecule has 5 atom stereocenters. The summed E-state index contributed by atoms with van der Waals surface area (Å²) in [6, 6.07) is 6.04. The van der Waals surface area contributed by atoms with Gasteiger partial charge in [-0.15, -0.1) is 13.2 Å². The number of aliphatic hydroxyl groups excluding tert-OH is 1. The van der Waals surface area contributed by atoms with E-state index in [0.717, 1.165) is 6.42 Å². The first kappa shape index (κ1) is 26.4. The van der Waals surface area contributed by atoms with Gasteiger partial charge in [0.1, 0.15) is 11.6 Å². The predicted molar refractivity (Wildman–Crippen MR) is 135 cm³/mol. The van der Waals surface area contributed by atoms with Crippen LogP contribution >= 0.6 is 11.6 Å². The molecule has 0 saturated carbocycles. The van der Waals surface area contributed by atoms with Gasteiger partial charge < -0.3 is 24.4 Å². The van der Waals surface area contributed by atoms with Crippen molar-refractivity contribution in [3.63, 3.8) is 0 Å². The average molecular weight is 517 g/mol. The number of para-hydroxylation sites is 1. The quantitative estimate of drug-likeness (QED) is 0.260. The number of unbranched alkanes of at least 4 members (excludes halogenated alkanes) is 1. The zero-order valence-electron chi connectivity index (χ0n) is 20.3. The maximum absolute atomic E-state index is 14.2. The molecular weight excluding hydrogens is 484 g/mol. The predicted octanol–water partition coefficient (Wildman–Crippen LogP) is 3.13. The first-order chi connectivity index (χ1) is 17.4. The minimum Gasteiger partial charge on any atom is -0.465 e. The third kappa shape index (κ3) is 4.46. The van der Waals surface area contributed by atoms with Gasteiger partial charge in [-0.25, -0.2) is 0 Å². The smallest absolute Gasteiger partial charge is 0.312 e. The summed E-state index contributed by atoms with van der Waals surface area (Å²) >= 11 is 6.44. The summed E-state index contributed by atoms with van der Waals surface area (Å²) in [6.45, 7) is 7.91. The van der Waals surface area contributed by atoms with Crippen LogP contribution in [0.2, 0.25) is 5.02 Å². The van der Waals surface area contributed by atoms with Crippen molar-refractivity contribution in [3.05, 3.63) is 54.6 Å². The minimum absolute atomic E-state index is 0.137. The number of anilines is 1. The summed E-state index contributed by atoms with van der Waals surface area (Å²) in [5, 5.41) is 9.88. The number of benzene rings is 1. The second kappa shape index (κ2) is 11.2. The van der Waals surface area contributed by atoms with Crippen LogP contribution in [0.15, 0.2) is 49.6 Å². The number of likely N-dealkylation sites (tertiary alicyclic amines) is 1. The number of amides is 2. The Bertz CT molecular complexity index is 1030. The molecule has 1 N–H and O–H groups in total. The summed E-state index contributed by atoms with van der Waals surface area (Å²) in [7, 11) is 0. The second-order valence-electron chi connectivity index (χ2n) is 9.45. The van der Waals surface area contributed by atoms with E-state index in [1.165, 1.54) is 9.80 Å². The Kier molecular flexibility index (Phi) is 8.17. The third-order valence-corrected chi connectivity index (χ3v) is 7.70. The molecule has 3 heterocycles. The monoisotopic (exact) mass is 516 g/mol. The Morgan fingerprint density at radius 2 is 2.06 bits per heavy atom. The fourth-order valence-corrected chi connectivity index (χ4v) is 6.17. The molecule has 194 valence electrons. The lowest BCUT2D eigenvalue weighted by atomic mass is 9.70. The van der Waals surface area contributed by atoms with Crippen LogP contribution in [0.3, 0.4) is 0 Å². The van der Waals surface area contributed by atoms with Crippen molar-refractivity contribution in [2.24, 2.45) is 11.8 Å². The number of rotatable bonds is 12. The number of aliphatic hydroxyl groups is 1. The van der Waals surface area contributed by atoms with Crippen molar-refractivity contribution in [2.75, 3.05) is 31.2 Å². The highest BCUT2D eigenvalue weighted by Gasteiger charge is 2.75. The van der Waals surface area contributed by atoms with Crippen molar-refractivity contribution < 1.29 is 29.0 Å². The van der Waals surface area contributed by atoms with E-state index in [0.29, 0.717) is 36.4 Å². The molecule has 1 spiro atoms. The average Bonchev–Trinajstić information content (AvgIpc) is 3.51. The van der Waals surface area contributed by atoms with Gasteiger partial charge in [-0.2, -0.15) is 0 Å². The molecule has 3 aliphatic rings. The molecule has 1 aromatic carbocycles. The molecule has 2 bridgehead atoms. The van der Waals surface area contributed by atoms with Gasteiger partial charge in [-0.3, -0.25) is 14.4 Å². The zero-order valence-corrected chi connectivity index (χ0v) is 21.1. The van der Waals surface area contributed by atoms with Crippen LogP contribution in [0.25, 0.3) is 0 Å². The van der Waals surface area contributed by atoms with Gasteiger partial charge in [0.25, 0.3) is 5.91 Å².